The van der Waals surface area contributed by atoms with E-state index in [0.29, 0.717) is 21.4 Å². The third kappa shape index (κ3) is 2.48. The molecule has 0 bridgehead atoms. The molecule has 2 rings (SSSR count). The van der Waals surface area contributed by atoms with Crippen LogP contribution < -0.4 is 10.6 Å². The number of carboxylic acid groups (broad SMARTS) is 1. The number of aryl methyl sites for hydroxylation is 1. The van der Waals surface area contributed by atoms with E-state index >= 15 is 0 Å². The molecule has 7 heteroatoms. The number of carboxylic acids is 1. The molecule has 1 heterocycles. The zero-order valence-corrected chi connectivity index (χ0v) is 11.8. The van der Waals surface area contributed by atoms with E-state index < -0.39 is 5.97 Å². The fourth-order valence-electron chi connectivity index (χ4n) is 1.82. The molecule has 0 unspecified atom stereocenters. The van der Waals surface area contributed by atoms with Crippen molar-refractivity contribution in [2.75, 3.05) is 17.7 Å². The maximum Gasteiger partial charge on any atom is 0.337 e. The molecule has 0 saturated heterocycles. The van der Waals surface area contributed by atoms with Gasteiger partial charge in [0, 0.05) is 7.05 Å². The van der Waals surface area contributed by atoms with Crippen molar-refractivity contribution in [3.8, 4) is 0 Å². The van der Waals surface area contributed by atoms with Gasteiger partial charge in [-0.25, -0.2) is 9.78 Å². The number of rotatable bonds is 3. The Labute approximate surface area is 119 Å². The predicted molar refractivity (Wildman–Crippen MR) is 77.4 cm³/mol. The Morgan fingerprint density at radius 1 is 1.35 bits per heavy atom. The van der Waals surface area contributed by atoms with E-state index in [9.17, 15) is 9.59 Å². The lowest BCUT2D eigenvalue weighted by molar-refractivity contribution is 0.0697. The average molecular weight is 291 g/mol. The molecule has 0 aliphatic heterocycles. The predicted octanol–water partition coefficient (Wildman–Crippen LogP) is 2.01. The van der Waals surface area contributed by atoms with Gasteiger partial charge in [0.05, 0.1) is 16.9 Å². The van der Waals surface area contributed by atoms with Crippen LogP contribution in [0.3, 0.4) is 0 Å². The highest BCUT2D eigenvalue weighted by atomic mass is 32.1. The van der Waals surface area contributed by atoms with Crippen molar-refractivity contribution < 1.29 is 14.7 Å². The Morgan fingerprint density at radius 2 is 2.00 bits per heavy atom. The highest BCUT2D eigenvalue weighted by molar-refractivity contribution is 7.17. The highest BCUT2D eigenvalue weighted by Crippen LogP contribution is 2.25. The minimum absolute atomic E-state index is 0.0680. The minimum Gasteiger partial charge on any atom is -0.478 e. The number of amides is 1. The van der Waals surface area contributed by atoms with Crippen molar-refractivity contribution in [3.05, 3.63) is 40.4 Å². The maximum absolute atomic E-state index is 12.4. The van der Waals surface area contributed by atoms with Crippen LogP contribution in [0.5, 0.6) is 0 Å². The summed E-state index contributed by atoms with van der Waals surface area (Å²) in [5.74, 6) is -1.41. The molecular weight excluding hydrogens is 278 g/mol. The molecule has 0 radical (unpaired) electrons. The van der Waals surface area contributed by atoms with E-state index in [1.165, 1.54) is 18.0 Å². The number of thiazole rings is 1. The van der Waals surface area contributed by atoms with Gasteiger partial charge in [0.25, 0.3) is 5.91 Å². The number of nitrogen functional groups attached to an aromatic ring is 1. The summed E-state index contributed by atoms with van der Waals surface area (Å²) >= 11 is 1.09. The van der Waals surface area contributed by atoms with Crippen LogP contribution in [0.1, 0.15) is 25.7 Å². The first-order chi connectivity index (χ1) is 9.41. The van der Waals surface area contributed by atoms with Crippen molar-refractivity contribution in [3.63, 3.8) is 0 Å². The first kappa shape index (κ1) is 14.0. The second-order valence-corrected chi connectivity index (χ2v) is 5.18. The van der Waals surface area contributed by atoms with Gasteiger partial charge >= 0.3 is 5.97 Å². The number of aromatic carboxylic acids is 1. The monoisotopic (exact) mass is 291 g/mol. The molecule has 0 atom stereocenters. The summed E-state index contributed by atoms with van der Waals surface area (Å²) in [4.78, 5) is 29.3. The smallest absolute Gasteiger partial charge is 0.337 e. The topological polar surface area (TPSA) is 96.5 Å². The number of para-hydroxylation sites is 1. The van der Waals surface area contributed by atoms with Gasteiger partial charge < -0.3 is 15.7 Å². The Morgan fingerprint density at radius 3 is 2.55 bits per heavy atom. The summed E-state index contributed by atoms with van der Waals surface area (Å²) in [6.07, 6.45) is 0. The van der Waals surface area contributed by atoms with Gasteiger partial charge in [-0.2, -0.15) is 0 Å². The Bertz CT molecular complexity index is 681. The van der Waals surface area contributed by atoms with Crippen LogP contribution in [-0.4, -0.2) is 29.0 Å². The zero-order chi connectivity index (χ0) is 14.9. The summed E-state index contributed by atoms with van der Waals surface area (Å²) in [5, 5.41) is 9.47. The third-order valence-electron chi connectivity index (χ3n) is 2.81. The number of nitrogens with zero attached hydrogens (tertiary/aromatic N) is 2. The van der Waals surface area contributed by atoms with Crippen LogP contribution in [0.2, 0.25) is 0 Å². The molecular formula is C13H13N3O3S. The lowest BCUT2D eigenvalue weighted by Crippen LogP contribution is -2.27. The summed E-state index contributed by atoms with van der Waals surface area (Å²) < 4.78 is 0. The second kappa shape index (κ2) is 5.30. The third-order valence-corrected chi connectivity index (χ3v) is 3.78. The van der Waals surface area contributed by atoms with Crippen LogP contribution >= 0.6 is 11.3 Å². The van der Waals surface area contributed by atoms with Gasteiger partial charge in [-0.3, -0.25) is 4.79 Å². The molecule has 1 amide bonds. The molecule has 3 N–H and O–H groups in total. The van der Waals surface area contributed by atoms with Gasteiger partial charge in [-0.1, -0.05) is 23.5 Å². The molecule has 2 aromatic rings. The summed E-state index contributed by atoms with van der Waals surface area (Å²) in [6, 6.07) is 6.33. The second-order valence-electron chi connectivity index (χ2n) is 4.15. The Kier molecular flexibility index (Phi) is 3.71. The highest BCUT2D eigenvalue weighted by Gasteiger charge is 2.22. The summed E-state index contributed by atoms with van der Waals surface area (Å²) in [5.41, 5.74) is 6.51. The lowest BCUT2D eigenvalue weighted by atomic mass is 10.1. The standard InChI is InChI=1S/C13H13N3O3S/c1-7-10(20-13(14)15-7)11(17)16(2)9-6-4-3-5-8(9)12(18)19/h3-6H,1-2H3,(H2,14,15)(H,18,19). The van der Waals surface area contributed by atoms with E-state index in [-0.39, 0.29) is 11.5 Å². The lowest BCUT2D eigenvalue weighted by Gasteiger charge is -2.18. The van der Waals surface area contributed by atoms with Crippen LogP contribution in [0.15, 0.2) is 24.3 Å². The molecule has 104 valence electrons. The number of anilines is 2. The first-order valence-electron chi connectivity index (χ1n) is 5.75. The van der Waals surface area contributed by atoms with E-state index in [2.05, 4.69) is 4.98 Å². The van der Waals surface area contributed by atoms with Crippen molar-refractivity contribution in [1.82, 2.24) is 4.98 Å². The van der Waals surface area contributed by atoms with Crippen molar-refractivity contribution >= 4 is 34.0 Å². The number of hydrogen-bond donors (Lipinski definition) is 2. The molecule has 6 nitrogen and oxygen atoms in total. The van der Waals surface area contributed by atoms with Gasteiger partial charge in [0.2, 0.25) is 0 Å². The fraction of sp³-hybridized carbons (Fsp3) is 0.154. The minimum atomic E-state index is -1.08. The molecule has 1 aromatic heterocycles. The van der Waals surface area contributed by atoms with Crippen molar-refractivity contribution in [2.45, 2.75) is 6.92 Å². The summed E-state index contributed by atoms with van der Waals surface area (Å²) in [6.45, 7) is 1.69. The van der Waals surface area contributed by atoms with Gasteiger partial charge in [0.15, 0.2) is 5.13 Å². The maximum atomic E-state index is 12.4. The normalized spacial score (nSPS) is 10.3. The molecule has 0 aliphatic rings. The van der Waals surface area contributed by atoms with Crippen molar-refractivity contribution in [1.29, 1.82) is 0 Å². The quantitative estimate of drug-likeness (QED) is 0.901. The molecule has 20 heavy (non-hydrogen) atoms. The molecule has 0 saturated carbocycles. The SMILES string of the molecule is Cc1nc(N)sc1C(=O)N(C)c1ccccc1C(=O)O. The summed E-state index contributed by atoms with van der Waals surface area (Å²) in [7, 11) is 1.53. The van der Waals surface area contributed by atoms with Crippen LogP contribution in [0.25, 0.3) is 0 Å². The number of hydrogen-bond acceptors (Lipinski definition) is 5. The number of nitrogens with two attached hydrogens (primary N) is 1. The van der Waals surface area contributed by atoms with Crippen LogP contribution in [-0.2, 0) is 0 Å². The molecule has 0 aliphatic carbocycles. The van der Waals surface area contributed by atoms with E-state index in [1.54, 1.807) is 25.1 Å². The fourth-order valence-corrected chi connectivity index (χ4v) is 2.63. The van der Waals surface area contributed by atoms with Gasteiger partial charge in [0.1, 0.15) is 4.88 Å². The Hall–Kier alpha value is -2.41. The van der Waals surface area contributed by atoms with E-state index in [0.717, 1.165) is 11.3 Å². The molecule has 0 fully saturated rings. The number of benzene rings is 1. The number of carbonyl (C=O) groups excluding carboxylic acids is 1. The zero-order valence-electron chi connectivity index (χ0n) is 11.0. The van der Waals surface area contributed by atoms with Gasteiger partial charge in [-0.15, -0.1) is 0 Å². The number of aromatic nitrogens is 1. The first-order valence-corrected chi connectivity index (χ1v) is 6.56. The largest absolute Gasteiger partial charge is 0.478 e. The van der Waals surface area contributed by atoms with Crippen LogP contribution in [0, 0.1) is 6.92 Å². The van der Waals surface area contributed by atoms with E-state index in [1.807, 2.05) is 0 Å². The molecule has 0 spiro atoms. The Balaban J connectivity index is 2.41. The van der Waals surface area contributed by atoms with Crippen molar-refractivity contribution in [2.24, 2.45) is 0 Å². The molecule has 1 aromatic carbocycles. The van der Waals surface area contributed by atoms with Gasteiger partial charge in [-0.05, 0) is 19.1 Å². The number of carbonyl (C=O) groups is 2. The average Bonchev–Trinajstić information content (AvgIpc) is 2.76. The van der Waals surface area contributed by atoms with E-state index in [4.69, 9.17) is 10.8 Å². The van der Waals surface area contributed by atoms with Crippen LogP contribution in [0.4, 0.5) is 10.8 Å².